The third-order valence-corrected chi connectivity index (χ3v) is 7.88. The van der Waals surface area contributed by atoms with E-state index in [1.807, 2.05) is 0 Å². The van der Waals surface area contributed by atoms with Crippen LogP contribution in [0.1, 0.15) is 44.9 Å². The van der Waals surface area contributed by atoms with Crippen molar-refractivity contribution in [2.45, 2.75) is 74.4 Å². The van der Waals surface area contributed by atoms with Crippen LogP contribution in [0.2, 0.25) is 0 Å². The lowest BCUT2D eigenvalue weighted by atomic mass is 9.93. The summed E-state index contributed by atoms with van der Waals surface area (Å²) < 4.78 is 43.1. The van der Waals surface area contributed by atoms with Crippen LogP contribution in [0.3, 0.4) is 0 Å². The molecule has 0 spiro atoms. The zero-order valence-electron chi connectivity index (χ0n) is 22.6. The van der Waals surface area contributed by atoms with Gasteiger partial charge in [0.25, 0.3) is 0 Å². The average Bonchev–Trinajstić information content (AvgIpc) is 3.69. The number of rotatable bonds is 5. The molecule has 6 rings (SSSR count). The van der Waals surface area contributed by atoms with Gasteiger partial charge in [-0.05, 0) is 20.1 Å². The second-order valence-corrected chi connectivity index (χ2v) is 10.9. The molecule has 8 atom stereocenters. The molecule has 6 heterocycles. The molecule has 0 aromatic carbocycles. The lowest BCUT2D eigenvalue weighted by molar-refractivity contribution is -0.0249. The zero-order valence-corrected chi connectivity index (χ0v) is 23.4. The Morgan fingerprint density at radius 2 is 1.37 bits per heavy atom. The van der Waals surface area contributed by atoms with Crippen molar-refractivity contribution in [1.29, 1.82) is 0 Å². The number of hydrogen-bond acceptors (Lipinski definition) is 15. The molecule has 19 heteroatoms. The highest BCUT2D eigenvalue weighted by Gasteiger charge is 2.56. The van der Waals surface area contributed by atoms with E-state index in [1.54, 1.807) is 6.26 Å². The third-order valence-electron chi connectivity index (χ3n) is 7.34. The Balaban J connectivity index is 0.000000193. The summed E-state index contributed by atoms with van der Waals surface area (Å²) in [5.74, 6) is 0.326. The monoisotopic (exact) mass is 628 g/mol. The molecule has 4 aromatic heterocycles. The summed E-state index contributed by atoms with van der Waals surface area (Å²) in [7, 11) is 0. The van der Waals surface area contributed by atoms with Crippen LogP contribution in [0.5, 0.6) is 0 Å². The molecular formula is C24H34F2N10O6S. The van der Waals surface area contributed by atoms with Gasteiger partial charge in [-0.2, -0.15) is 5.10 Å². The van der Waals surface area contributed by atoms with Crippen molar-refractivity contribution in [3.63, 3.8) is 0 Å². The first-order valence-corrected chi connectivity index (χ1v) is 13.8. The molecule has 0 aliphatic carbocycles. The Hall–Kier alpha value is -3.33. The maximum absolute atomic E-state index is 14.9. The van der Waals surface area contributed by atoms with Crippen molar-refractivity contribution in [3.8, 4) is 0 Å². The third kappa shape index (κ3) is 5.34. The molecular weight excluding hydrogens is 594 g/mol. The lowest BCUT2D eigenvalue weighted by Gasteiger charge is -2.23. The summed E-state index contributed by atoms with van der Waals surface area (Å²) in [6.07, 6.45) is -1.38. The van der Waals surface area contributed by atoms with Crippen LogP contribution in [-0.2, 0) is 9.47 Å². The Morgan fingerprint density at radius 1 is 0.884 bits per heavy atom. The predicted molar refractivity (Wildman–Crippen MR) is 149 cm³/mol. The molecule has 2 fully saturated rings. The second-order valence-electron chi connectivity index (χ2n) is 10.1. The maximum atomic E-state index is 14.9. The molecule has 2 saturated heterocycles. The van der Waals surface area contributed by atoms with E-state index in [-0.39, 0.29) is 30.4 Å². The zero-order chi connectivity index (χ0) is 30.6. The molecule has 0 amide bonds. The van der Waals surface area contributed by atoms with E-state index < -0.39 is 61.2 Å². The average molecular weight is 629 g/mol. The normalized spacial score (nSPS) is 32.1. The number of aromatic nitrogens is 8. The van der Waals surface area contributed by atoms with Gasteiger partial charge in [-0.25, -0.2) is 37.7 Å². The lowest BCUT2D eigenvalue weighted by Crippen LogP contribution is -2.39. The van der Waals surface area contributed by atoms with Crippen LogP contribution in [0.4, 0.5) is 20.4 Å². The molecule has 0 radical (unpaired) electrons. The standard InChI is InChI=1S/C12H16FN5O3S.C11H14FN5O3.CH4/c1-12(13)7(20)6(4-19)21-8(12)5-3-15-10-9(14)16-11(22-2)17-18(5)10;1-11(12)7(19)6(3-18)20-8(11)5-2-14-10-9(13)15-4-16-17(5)10;/h3,6-8,19-20H,4H2,1-2H3,(H2,14,16,17);2,4,6-8,18-19H,3H2,1H3,(H2,13,15,16);1H4/t6-,7-,8?,12-;6-,7-,8?,11-;/m11./s1. The molecule has 8 N–H and O–H groups in total. The minimum Gasteiger partial charge on any atom is -0.394 e. The number of nitrogens with zero attached hydrogens (tertiary/aromatic N) is 8. The fraction of sp³-hybridized carbons (Fsp3) is 0.583. The first kappa shape index (κ1) is 32.6. The number of halogens is 2. The molecule has 16 nitrogen and oxygen atoms in total. The van der Waals surface area contributed by atoms with Crippen molar-refractivity contribution in [1.82, 2.24) is 39.2 Å². The van der Waals surface area contributed by atoms with Crippen molar-refractivity contribution in [3.05, 3.63) is 30.1 Å². The summed E-state index contributed by atoms with van der Waals surface area (Å²) in [6.45, 7) is 1.46. The van der Waals surface area contributed by atoms with E-state index in [0.717, 1.165) is 0 Å². The number of aliphatic hydroxyl groups excluding tert-OH is 4. The van der Waals surface area contributed by atoms with Gasteiger partial charge in [-0.1, -0.05) is 19.2 Å². The second kappa shape index (κ2) is 12.0. The fourth-order valence-electron chi connectivity index (χ4n) is 5.00. The van der Waals surface area contributed by atoms with E-state index in [4.69, 9.17) is 26.0 Å². The van der Waals surface area contributed by atoms with Crippen LogP contribution in [0.25, 0.3) is 11.3 Å². The topological polar surface area (TPSA) is 238 Å². The number of nitrogen functional groups attached to an aromatic ring is 2. The van der Waals surface area contributed by atoms with Crippen LogP contribution < -0.4 is 11.5 Å². The van der Waals surface area contributed by atoms with E-state index in [1.165, 1.54) is 53.4 Å². The van der Waals surface area contributed by atoms with E-state index in [0.29, 0.717) is 16.5 Å². The van der Waals surface area contributed by atoms with Crippen molar-refractivity contribution in [2.75, 3.05) is 30.9 Å². The summed E-state index contributed by atoms with van der Waals surface area (Å²) in [6, 6.07) is 0. The van der Waals surface area contributed by atoms with Gasteiger partial charge in [-0.15, -0.1) is 5.10 Å². The van der Waals surface area contributed by atoms with Gasteiger partial charge in [0.15, 0.2) is 34.3 Å². The van der Waals surface area contributed by atoms with Crippen LogP contribution in [0.15, 0.2) is 23.9 Å². The highest BCUT2D eigenvalue weighted by Crippen LogP contribution is 2.45. The number of anilines is 2. The van der Waals surface area contributed by atoms with E-state index in [2.05, 4.69) is 30.1 Å². The minimum atomic E-state index is -2.09. The number of aliphatic hydroxyl groups is 4. The summed E-state index contributed by atoms with van der Waals surface area (Å²) >= 11 is 1.28. The Bertz CT molecular complexity index is 1590. The highest BCUT2D eigenvalue weighted by atomic mass is 32.2. The highest BCUT2D eigenvalue weighted by molar-refractivity contribution is 7.98. The van der Waals surface area contributed by atoms with Gasteiger partial charge in [0, 0.05) is 0 Å². The van der Waals surface area contributed by atoms with Gasteiger partial charge < -0.3 is 41.4 Å². The summed E-state index contributed by atoms with van der Waals surface area (Å²) in [5, 5.41) is 46.8. The smallest absolute Gasteiger partial charge is 0.209 e. The van der Waals surface area contributed by atoms with Gasteiger partial charge in [0.1, 0.15) is 43.0 Å². The van der Waals surface area contributed by atoms with Crippen molar-refractivity contribution < 1.29 is 38.7 Å². The number of fused-ring (bicyclic) bond motifs is 2. The van der Waals surface area contributed by atoms with E-state index in [9.17, 15) is 24.1 Å². The molecule has 2 unspecified atom stereocenters. The number of nitrogens with two attached hydrogens (primary N) is 2. The SMILES string of the molecule is C.CSc1nc(N)c2ncc(C3O[C@H](CO)[C@@H](O)[C@@]3(C)F)n2n1.C[C@]1(F)C(c2cnc3c(N)ncnn23)O[C@H](CO)[C@H]1O. The molecule has 2 aliphatic heterocycles. The molecule has 4 aromatic rings. The summed E-state index contributed by atoms with van der Waals surface area (Å²) in [5.41, 5.74) is 8.48. The predicted octanol–water partition coefficient (Wildman–Crippen LogP) is -0.186. The minimum absolute atomic E-state index is 0. The van der Waals surface area contributed by atoms with Crippen LogP contribution >= 0.6 is 11.8 Å². The number of ether oxygens (including phenoxy) is 2. The number of hydrogen-bond donors (Lipinski definition) is 6. The van der Waals surface area contributed by atoms with E-state index >= 15 is 0 Å². The molecule has 0 bridgehead atoms. The van der Waals surface area contributed by atoms with Crippen LogP contribution in [0, 0.1) is 0 Å². The molecule has 236 valence electrons. The molecule has 2 aliphatic rings. The van der Waals surface area contributed by atoms with Crippen LogP contribution in [-0.4, -0.2) is 115 Å². The Morgan fingerprint density at radius 3 is 1.84 bits per heavy atom. The van der Waals surface area contributed by atoms with Gasteiger partial charge in [0.2, 0.25) is 5.16 Å². The Labute approximate surface area is 248 Å². The van der Waals surface area contributed by atoms with Gasteiger partial charge in [0.05, 0.1) is 37.0 Å². The van der Waals surface area contributed by atoms with Gasteiger partial charge >= 0.3 is 0 Å². The maximum Gasteiger partial charge on any atom is 0.209 e. The molecule has 0 saturated carbocycles. The quantitative estimate of drug-likeness (QED) is 0.157. The van der Waals surface area contributed by atoms with Crippen molar-refractivity contribution >= 4 is 34.7 Å². The Kier molecular flexibility index (Phi) is 9.08. The largest absolute Gasteiger partial charge is 0.394 e. The van der Waals surface area contributed by atoms with Crippen molar-refractivity contribution in [2.24, 2.45) is 0 Å². The van der Waals surface area contributed by atoms with Gasteiger partial charge in [-0.3, -0.25) is 0 Å². The molecule has 43 heavy (non-hydrogen) atoms. The first-order chi connectivity index (χ1) is 19.9. The summed E-state index contributed by atoms with van der Waals surface area (Å²) in [4.78, 5) is 16.0. The first-order valence-electron chi connectivity index (χ1n) is 12.6. The number of imidazole rings is 2. The fourth-order valence-corrected chi connectivity index (χ4v) is 5.35. The number of alkyl halides is 2. The number of thioether (sulfide) groups is 1.